The highest BCUT2D eigenvalue weighted by atomic mass is 16.5. The van der Waals surface area contributed by atoms with Crippen LogP contribution >= 0.6 is 0 Å². The molecule has 4 heteroatoms. The number of hydrogen-bond donors (Lipinski definition) is 0. The monoisotopic (exact) mass is 312 g/mol. The van der Waals surface area contributed by atoms with E-state index in [-0.39, 0.29) is 11.1 Å². The second kappa shape index (κ2) is 7.16. The largest absolute Gasteiger partial charge is 0.376 e. The van der Waals surface area contributed by atoms with Crippen LogP contribution in [0.25, 0.3) is 0 Å². The van der Waals surface area contributed by atoms with Gasteiger partial charge in [-0.3, -0.25) is 9.80 Å². The van der Waals surface area contributed by atoms with E-state index in [9.17, 15) is 0 Å². The summed E-state index contributed by atoms with van der Waals surface area (Å²) >= 11 is 0. The second-order valence-electron chi connectivity index (χ2n) is 8.73. The zero-order chi connectivity index (χ0) is 16.4. The van der Waals surface area contributed by atoms with Gasteiger partial charge in [-0.25, -0.2) is 0 Å². The number of likely N-dealkylation sites (tertiary alicyclic amines) is 1. The summed E-state index contributed by atoms with van der Waals surface area (Å²) in [6, 6.07) is 0.599. The van der Waals surface area contributed by atoms with Crippen molar-refractivity contribution in [2.45, 2.75) is 77.7 Å². The summed E-state index contributed by atoms with van der Waals surface area (Å²) in [5.74, 6) is 0. The van der Waals surface area contributed by atoms with Gasteiger partial charge in [-0.2, -0.15) is 0 Å². The van der Waals surface area contributed by atoms with Crippen LogP contribution in [-0.4, -0.2) is 72.5 Å². The Morgan fingerprint density at radius 3 is 2.45 bits per heavy atom. The minimum atomic E-state index is -0.0222. The number of ether oxygens (including phenoxy) is 2. The first-order chi connectivity index (χ1) is 10.2. The molecule has 0 aromatic carbocycles. The van der Waals surface area contributed by atoms with Gasteiger partial charge in [-0.05, 0) is 54.4 Å². The molecule has 0 aliphatic carbocycles. The van der Waals surface area contributed by atoms with Gasteiger partial charge < -0.3 is 9.47 Å². The fraction of sp³-hybridized carbons (Fsp3) is 1.00. The zero-order valence-electron chi connectivity index (χ0n) is 15.5. The first kappa shape index (κ1) is 18.2. The molecule has 2 saturated heterocycles. The van der Waals surface area contributed by atoms with Crippen LogP contribution in [0.1, 0.15) is 54.4 Å². The van der Waals surface area contributed by atoms with Gasteiger partial charge in [0.05, 0.1) is 18.3 Å². The molecule has 0 spiro atoms. The first-order valence-electron chi connectivity index (χ1n) is 8.91. The number of nitrogens with zero attached hydrogens (tertiary/aromatic N) is 2. The van der Waals surface area contributed by atoms with E-state index < -0.39 is 0 Å². The average Bonchev–Trinajstić information content (AvgIpc) is 2.41. The standard InChI is InChI=1S/C18H36N2O2/c1-17(2,3)20-10-8-15-16(14-20)21-13-11-19(15)9-7-12-22-18(4,5)6/h15-16H,7-14H2,1-6H3. The molecule has 2 heterocycles. The van der Waals surface area contributed by atoms with E-state index in [4.69, 9.17) is 9.47 Å². The molecule has 0 saturated carbocycles. The summed E-state index contributed by atoms with van der Waals surface area (Å²) in [5, 5.41) is 0. The maximum Gasteiger partial charge on any atom is 0.0858 e. The van der Waals surface area contributed by atoms with Crippen molar-refractivity contribution in [1.82, 2.24) is 9.80 Å². The van der Waals surface area contributed by atoms with Crippen LogP contribution in [0, 0.1) is 0 Å². The highest BCUT2D eigenvalue weighted by molar-refractivity contribution is 4.94. The van der Waals surface area contributed by atoms with Gasteiger partial charge in [0.25, 0.3) is 0 Å². The quantitative estimate of drug-likeness (QED) is 0.745. The van der Waals surface area contributed by atoms with Gasteiger partial charge >= 0.3 is 0 Å². The van der Waals surface area contributed by atoms with Crippen LogP contribution < -0.4 is 0 Å². The van der Waals surface area contributed by atoms with E-state index in [1.165, 1.54) is 13.0 Å². The summed E-state index contributed by atoms with van der Waals surface area (Å²) in [7, 11) is 0. The second-order valence-corrected chi connectivity index (χ2v) is 8.73. The number of fused-ring (bicyclic) bond motifs is 1. The average molecular weight is 312 g/mol. The molecule has 0 bridgehead atoms. The molecule has 2 aliphatic rings. The Kier molecular flexibility index (Phi) is 5.92. The van der Waals surface area contributed by atoms with E-state index in [2.05, 4.69) is 51.3 Å². The Morgan fingerprint density at radius 1 is 1.09 bits per heavy atom. The summed E-state index contributed by atoms with van der Waals surface area (Å²) in [6.07, 6.45) is 2.72. The molecule has 0 radical (unpaired) electrons. The fourth-order valence-electron chi connectivity index (χ4n) is 3.51. The van der Waals surface area contributed by atoms with Gasteiger partial charge in [0.15, 0.2) is 0 Å². The lowest BCUT2D eigenvalue weighted by atomic mass is 9.94. The van der Waals surface area contributed by atoms with Gasteiger partial charge in [-0.15, -0.1) is 0 Å². The Morgan fingerprint density at radius 2 is 1.82 bits per heavy atom. The first-order valence-corrected chi connectivity index (χ1v) is 8.91. The minimum Gasteiger partial charge on any atom is -0.376 e. The van der Waals surface area contributed by atoms with Crippen LogP contribution in [0.2, 0.25) is 0 Å². The Labute approximate surface area is 137 Å². The molecule has 0 amide bonds. The highest BCUT2D eigenvalue weighted by Crippen LogP contribution is 2.27. The third-order valence-corrected chi connectivity index (χ3v) is 4.78. The summed E-state index contributed by atoms with van der Waals surface area (Å²) < 4.78 is 11.9. The van der Waals surface area contributed by atoms with E-state index in [1.54, 1.807) is 0 Å². The lowest BCUT2D eigenvalue weighted by Gasteiger charge is -2.50. The van der Waals surface area contributed by atoms with Gasteiger partial charge in [-0.1, -0.05) is 0 Å². The van der Waals surface area contributed by atoms with Crippen LogP contribution in [0.15, 0.2) is 0 Å². The molecular formula is C18H36N2O2. The van der Waals surface area contributed by atoms with Crippen molar-refractivity contribution >= 4 is 0 Å². The summed E-state index contributed by atoms with van der Waals surface area (Å²) in [5.41, 5.74) is 0.225. The Balaban J connectivity index is 1.80. The molecule has 130 valence electrons. The van der Waals surface area contributed by atoms with E-state index in [0.29, 0.717) is 12.1 Å². The fourth-order valence-corrected chi connectivity index (χ4v) is 3.51. The van der Waals surface area contributed by atoms with E-state index in [1.807, 2.05) is 0 Å². The van der Waals surface area contributed by atoms with Gasteiger partial charge in [0.1, 0.15) is 0 Å². The topological polar surface area (TPSA) is 24.9 Å². The molecule has 0 N–H and O–H groups in total. The molecule has 2 unspecified atom stereocenters. The Bertz CT molecular complexity index is 346. The predicted octanol–water partition coefficient (Wildman–Crippen LogP) is 2.77. The third kappa shape index (κ3) is 5.19. The van der Waals surface area contributed by atoms with Crippen LogP contribution in [0.4, 0.5) is 0 Å². The number of hydrogen-bond acceptors (Lipinski definition) is 4. The maximum absolute atomic E-state index is 6.08. The lowest BCUT2D eigenvalue weighted by Crippen LogP contribution is -2.62. The maximum atomic E-state index is 6.08. The molecular weight excluding hydrogens is 276 g/mol. The SMILES string of the molecule is CC(C)(C)OCCCN1CCOC2CN(C(C)(C)C)CCC21. The van der Waals surface area contributed by atoms with Crippen molar-refractivity contribution in [1.29, 1.82) is 0 Å². The molecule has 22 heavy (non-hydrogen) atoms. The normalized spacial score (nSPS) is 28.6. The lowest BCUT2D eigenvalue weighted by molar-refractivity contribution is -0.118. The van der Waals surface area contributed by atoms with Crippen molar-refractivity contribution in [2.24, 2.45) is 0 Å². The predicted molar refractivity (Wildman–Crippen MR) is 91.4 cm³/mol. The van der Waals surface area contributed by atoms with E-state index in [0.717, 1.165) is 39.3 Å². The molecule has 2 atom stereocenters. The van der Waals surface area contributed by atoms with Crippen LogP contribution in [0.5, 0.6) is 0 Å². The zero-order valence-corrected chi connectivity index (χ0v) is 15.5. The summed E-state index contributed by atoms with van der Waals surface area (Å²) in [6.45, 7) is 19.5. The van der Waals surface area contributed by atoms with Crippen LogP contribution in [0.3, 0.4) is 0 Å². The number of morpholine rings is 1. The minimum absolute atomic E-state index is 0.0222. The van der Waals surface area contributed by atoms with Crippen molar-refractivity contribution < 1.29 is 9.47 Å². The van der Waals surface area contributed by atoms with Crippen LogP contribution in [-0.2, 0) is 9.47 Å². The molecule has 2 rings (SSSR count). The van der Waals surface area contributed by atoms with Crippen molar-refractivity contribution in [3.8, 4) is 0 Å². The molecule has 0 aromatic rings. The molecule has 2 fully saturated rings. The van der Waals surface area contributed by atoms with Crippen molar-refractivity contribution in [3.63, 3.8) is 0 Å². The van der Waals surface area contributed by atoms with Gasteiger partial charge in [0, 0.05) is 44.4 Å². The van der Waals surface area contributed by atoms with Crippen molar-refractivity contribution in [2.75, 3.05) is 39.4 Å². The highest BCUT2D eigenvalue weighted by Gasteiger charge is 2.39. The smallest absolute Gasteiger partial charge is 0.0858 e. The number of rotatable bonds is 4. The molecule has 4 nitrogen and oxygen atoms in total. The third-order valence-electron chi connectivity index (χ3n) is 4.78. The Hall–Kier alpha value is -0.160. The number of piperidine rings is 1. The molecule has 2 aliphatic heterocycles. The summed E-state index contributed by atoms with van der Waals surface area (Å²) in [4.78, 5) is 5.21. The van der Waals surface area contributed by atoms with Crippen molar-refractivity contribution in [3.05, 3.63) is 0 Å². The van der Waals surface area contributed by atoms with Gasteiger partial charge in [0.2, 0.25) is 0 Å². The van der Waals surface area contributed by atoms with E-state index >= 15 is 0 Å². The molecule has 0 aromatic heterocycles.